The van der Waals surface area contributed by atoms with Crippen molar-refractivity contribution < 1.29 is 5.11 Å². The van der Waals surface area contributed by atoms with Crippen LogP contribution in [0.3, 0.4) is 0 Å². The molecule has 9 heavy (non-hydrogen) atoms. The molecule has 1 N–H and O–H groups in total. The molecule has 0 saturated carbocycles. The molecule has 0 atom stereocenters. The molecule has 0 spiro atoms. The highest BCUT2D eigenvalue weighted by Gasteiger charge is 1.87. The van der Waals surface area contributed by atoms with E-state index in [0.29, 0.717) is 0 Å². The summed E-state index contributed by atoms with van der Waals surface area (Å²) in [5.74, 6) is 0. The van der Waals surface area contributed by atoms with Crippen LogP contribution in [0, 0.1) is 6.92 Å². The number of aliphatic hydroxyl groups is 1. The molecule has 0 aromatic carbocycles. The fourth-order valence-electron chi connectivity index (χ4n) is 0.549. The second-order valence-corrected chi connectivity index (χ2v) is 1.82. The lowest BCUT2D eigenvalue weighted by Gasteiger charge is -1.93. The Morgan fingerprint density at radius 3 is 2.78 bits per heavy atom. The van der Waals surface area contributed by atoms with Crippen molar-refractivity contribution >= 4 is 0 Å². The van der Waals surface area contributed by atoms with Crippen LogP contribution in [0.5, 0.6) is 0 Å². The average molecular weight is 122 g/mol. The van der Waals surface area contributed by atoms with E-state index in [0.717, 1.165) is 11.3 Å². The zero-order valence-electron chi connectivity index (χ0n) is 5.04. The lowest BCUT2D eigenvalue weighted by atomic mass is 10.3. The molecule has 1 aromatic heterocycles. The third-order valence-electron chi connectivity index (χ3n) is 1.07. The van der Waals surface area contributed by atoms with Gasteiger partial charge in [-0.1, -0.05) is 6.07 Å². The smallest absolute Gasteiger partial charge is 0.0696 e. The van der Waals surface area contributed by atoms with E-state index in [1.165, 1.54) is 0 Å². The minimum Gasteiger partial charge on any atom is -0.392 e. The first-order chi connectivity index (χ1) is 4.33. The van der Waals surface area contributed by atoms with Crippen LogP contribution in [0.4, 0.5) is 0 Å². The Kier molecular flexibility index (Phi) is 1.80. The number of aromatic nitrogens is 1. The number of hydrogen-bond donors (Lipinski definition) is 1. The van der Waals surface area contributed by atoms with Crippen molar-refractivity contribution in [3.05, 3.63) is 36.5 Å². The Balaban J connectivity index is 2.88. The van der Waals surface area contributed by atoms with Gasteiger partial charge in [0.15, 0.2) is 0 Å². The maximum Gasteiger partial charge on any atom is 0.0696 e. The maximum absolute atomic E-state index is 8.57. The summed E-state index contributed by atoms with van der Waals surface area (Å²) in [4.78, 5) is 3.88. The van der Waals surface area contributed by atoms with E-state index in [-0.39, 0.29) is 6.61 Å². The van der Waals surface area contributed by atoms with Gasteiger partial charge in [0.2, 0.25) is 0 Å². The third-order valence-corrected chi connectivity index (χ3v) is 1.07. The molecule has 1 radical (unpaired) electrons. The number of pyridine rings is 1. The van der Waals surface area contributed by atoms with Crippen LogP contribution < -0.4 is 0 Å². The van der Waals surface area contributed by atoms with E-state index < -0.39 is 0 Å². The predicted molar refractivity (Wildman–Crippen MR) is 34.6 cm³/mol. The van der Waals surface area contributed by atoms with Crippen LogP contribution in [0.15, 0.2) is 18.3 Å². The molecule has 0 unspecified atom stereocenters. The first-order valence-electron chi connectivity index (χ1n) is 2.70. The fourth-order valence-corrected chi connectivity index (χ4v) is 0.549. The quantitative estimate of drug-likeness (QED) is 0.596. The fraction of sp³-hybridized carbons (Fsp3) is 0.143. The van der Waals surface area contributed by atoms with Crippen molar-refractivity contribution in [2.75, 3.05) is 0 Å². The molecule has 0 amide bonds. The lowest BCUT2D eigenvalue weighted by Crippen LogP contribution is -1.85. The van der Waals surface area contributed by atoms with Crippen LogP contribution in [0.1, 0.15) is 11.3 Å². The highest BCUT2D eigenvalue weighted by atomic mass is 16.3. The van der Waals surface area contributed by atoms with E-state index in [1.54, 1.807) is 18.3 Å². The van der Waals surface area contributed by atoms with Crippen molar-refractivity contribution in [3.63, 3.8) is 0 Å². The molecule has 1 rings (SSSR count). The van der Waals surface area contributed by atoms with Crippen LogP contribution in [0.25, 0.3) is 0 Å². The van der Waals surface area contributed by atoms with Gasteiger partial charge >= 0.3 is 0 Å². The zero-order chi connectivity index (χ0) is 6.69. The van der Waals surface area contributed by atoms with Crippen molar-refractivity contribution in [1.82, 2.24) is 4.98 Å². The molecule has 0 bridgehead atoms. The van der Waals surface area contributed by atoms with Crippen LogP contribution >= 0.6 is 0 Å². The Bertz CT molecular complexity index is 181. The normalized spacial score (nSPS) is 9.56. The lowest BCUT2D eigenvalue weighted by molar-refractivity contribution is 0.281. The molecule has 0 aliphatic rings. The Hall–Kier alpha value is -0.890. The molecule has 47 valence electrons. The Morgan fingerprint density at radius 2 is 2.33 bits per heavy atom. The van der Waals surface area contributed by atoms with Crippen molar-refractivity contribution in [1.29, 1.82) is 0 Å². The van der Waals surface area contributed by atoms with Crippen molar-refractivity contribution in [3.8, 4) is 0 Å². The molecular weight excluding hydrogens is 114 g/mol. The van der Waals surface area contributed by atoms with Gasteiger partial charge in [-0.25, -0.2) is 0 Å². The first-order valence-corrected chi connectivity index (χ1v) is 2.70. The summed E-state index contributed by atoms with van der Waals surface area (Å²) < 4.78 is 0. The molecule has 2 nitrogen and oxygen atoms in total. The van der Waals surface area contributed by atoms with Gasteiger partial charge in [-0.3, -0.25) is 4.98 Å². The molecule has 0 saturated heterocycles. The molecule has 1 heterocycles. The van der Waals surface area contributed by atoms with Crippen molar-refractivity contribution in [2.24, 2.45) is 0 Å². The molecule has 2 heteroatoms. The highest BCUT2D eigenvalue weighted by Crippen LogP contribution is 1.97. The second kappa shape index (κ2) is 2.60. The van der Waals surface area contributed by atoms with E-state index in [1.807, 2.05) is 0 Å². The molecular formula is C7H8NO. The summed E-state index contributed by atoms with van der Waals surface area (Å²) in [5, 5.41) is 8.57. The number of nitrogens with zero attached hydrogens (tertiary/aromatic N) is 1. The van der Waals surface area contributed by atoms with E-state index >= 15 is 0 Å². The van der Waals surface area contributed by atoms with Gasteiger partial charge in [-0.05, 0) is 18.6 Å². The second-order valence-electron chi connectivity index (χ2n) is 1.82. The van der Waals surface area contributed by atoms with Gasteiger partial charge in [-0.2, -0.15) is 0 Å². The summed E-state index contributed by atoms with van der Waals surface area (Å²) in [6.45, 7) is 3.65. The highest BCUT2D eigenvalue weighted by molar-refractivity contribution is 5.14. The van der Waals surface area contributed by atoms with Gasteiger partial charge in [0.25, 0.3) is 0 Å². The van der Waals surface area contributed by atoms with Crippen LogP contribution in [0.2, 0.25) is 0 Å². The maximum atomic E-state index is 8.57. The van der Waals surface area contributed by atoms with Crippen LogP contribution in [-0.2, 0) is 6.61 Å². The number of aliphatic hydroxyl groups excluding tert-OH is 1. The standard InChI is InChI=1S/C7H8NO/c1-6-2-3-7(5-9)4-8-6/h2-4,9H,1,5H2. The summed E-state index contributed by atoms with van der Waals surface area (Å²) in [7, 11) is 0. The summed E-state index contributed by atoms with van der Waals surface area (Å²) in [6, 6.07) is 3.57. The van der Waals surface area contributed by atoms with E-state index in [9.17, 15) is 0 Å². The minimum absolute atomic E-state index is 0.0489. The van der Waals surface area contributed by atoms with E-state index in [4.69, 9.17) is 5.11 Å². The van der Waals surface area contributed by atoms with Crippen molar-refractivity contribution in [2.45, 2.75) is 6.61 Å². The monoisotopic (exact) mass is 122 g/mol. The van der Waals surface area contributed by atoms with Gasteiger partial charge in [0.1, 0.15) is 0 Å². The summed E-state index contributed by atoms with van der Waals surface area (Å²) >= 11 is 0. The Morgan fingerprint density at radius 1 is 1.56 bits per heavy atom. The van der Waals surface area contributed by atoms with Gasteiger partial charge in [0, 0.05) is 11.9 Å². The predicted octanol–water partition coefficient (Wildman–Crippen LogP) is 0.756. The molecule has 1 aromatic rings. The number of hydrogen-bond acceptors (Lipinski definition) is 2. The molecule has 0 fully saturated rings. The average Bonchev–Trinajstić information content (AvgIpc) is 1.90. The first kappa shape index (κ1) is 6.23. The zero-order valence-corrected chi connectivity index (χ0v) is 5.04. The summed E-state index contributed by atoms with van der Waals surface area (Å²) in [6.07, 6.45) is 1.61. The topological polar surface area (TPSA) is 33.1 Å². The van der Waals surface area contributed by atoms with Gasteiger partial charge in [-0.15, -0.1) is 0 Å². The van der Waals surface area contributed by atoms with Gasteiger partial charge < -0.3 is 5.11 Å². The Labute approximate surface area is 54.2 Å². The SMILES string of the molecule is [CH2]c1ccc(CO)cn1. The summed E-state index contributed by atoms with van der Waals surface area (Å²) in [5.41, 5.74) is 1.55. The van der Waals surface area contributed by atoms with E-state index in [2.05, 4.69) is 11.9 Å². The minimum atomic E-state index is 0.0489. The molecule has 0 aliphatic heterocycles. The molecule has 0 aliphatic carbocycles. The van der Waals surface area contributed by atoms with Crippen LogP contribution in [-0.4, -0.2) is 10.1 Å². The van der Waals surface area contributed by atoms with Gasteiger partial charge in [0.05, 0.1) is 6.61 Å². The largest absolute Gasteiger partial charge is 0.392 e. The third kappa shape index (κ3) is 1.50. The number of rotatable bonds is 1.